The van der Waals surface area contributed by atoms with Crippen molar-refractivity contribution in [3.8, 4) is 11.1 Å². The summed E-state index contributed by atoms with van der Waals surface area (Å²) >= 11 is 4.85. The Hall–Kier alpha value is -1.85. The van der Waals surface area contributed by atoms with Gasteiger partial charge in [0.2, 0.25) is 0 Å². The number of amides is 1. The largest absolute Gasteiger partial charge is 0.444 e. The average Bonchev–Trinajstić information content (AvgIpc) is 3.16. The topological polar surface area (TPSA) is 42.2 Å². The molecule has 1 aromatic carbocycles. The monoisotopic (exact) mass is 361 g/mol. The average molecular weight is 362 g/mol. The van der Waals surface area contributed by atoms with Crippen molar-refractivity contribution in [2.24, 2.45) is 0 Å². The highest BCUT2D eigenvalue weighted by molar-refractivity contribution is 9.10. The van der Waals surface area contributed by atoms with Crippen LogP contribution in [0.25, 0.3) is 11.1 Å². The van der Waals surface area contributed by atoms with Crippen LogP contribution in [0.1, 0.15) is 16.1 Å². The van der Waals surface area contributed by atoms with Crippen molar-refractivity contribution in [1.82, 2.24) is 5.32 Å². The van der Waals surface area contributed by atoms with Crippen molar-refractivity contribution in [2.45, 2.75) is 6.54 Å². The Kier molecular flexibility index (Phi) is 4.22. The molecule has 0 aliphatic heterocycles. The lowest BCUT2D eigenvalue weighted by atomic mass is 10.0. The van der Waals surface area contributed by atoms with Gasteiger partial charge in [-0.15, -0.1) is 0 Å². The lowest BCUT2D eigenvalue weighted by molar-refractivity contribution is 0.0922. The van der Waals surface area contributed by atoms with E-state index >= 15 is 0 Å². The third-order valence-corrected chi connectivity index (χ3v) is 4.20. The number of rotatable bonds is 4. The molecule has 0 bridgehead atoms. The van der Waals surface area contributed by atoms with E-state index in [-0.39, 0.29) is 5.91 Å². The van der Waals surface area contributed by atoms with Crippen LogP contribution in [0.4, 0.5) is 0 Å². The van der Waals surface area contributed by atoms with E-state index in [1.165, 1.54) is 5.56 Å². The van der Waals surface area contributed by atoms with E-state index in [9.17, 15) is 4.79 Å². The second kappa shape index (κ2) is 6.28. The third kappa shape index (κ3) is 3.25. The zero-order valence-electron chi connectivity index (χ0n) is 11.0. The normalized spacial score (nSPS) is 10.5. The molecule has 0 aliphatic carbocycles. The summed E-state index contributed by atoms with van der Waals surface area (Å²) in [6.07, 6.45) is 0. The predicted octanol–water partition coefficient (Wildman–Crippen LogP) is 4.70. The third-order valence-electron chi connectivity index (χ3n) is 3.09. The molecule has 0 spiro atoms. The molecule has 2 heterocycles. The van der Waals surface area contributed by atoms with Crippen molar-refractivity contribution in [3.63, 3.8) is 0 Å². The van der Waals surface area contributed by atoms with Gasteiger partial charge < -0.3 is 9.73 Å². The highest BCUT2D eigenvalue weighted by Crippen LogP contribution is 2.25. The van der Waals surface area contributed by atoms with Crippen LogP contribution in [-0.2, 0) is 6.54 Å². The Balaban J connectivity index is 1.75. The SMILES string of the molecule is O=C(NCc1ccccc1-c1ccsc1)c1ccc(Br)o1. The standard InChI is InChI=1S/C16H12BrNO2S/c17-15-6-5-14(20-15)16(19)18-9-11-3-1-2-4-13(11)12-7-8-21-10-12/h1-8,10H,9H2,(H,18,19). The minimum Gasteiger partial charge on any atom is -0.444 e. The van der Waals surface area contributed by atoms with Gasteiger partial charge in [0.1, 0.15) is 0 Å². The first-order valence-electron chi connectivity index (χ1n) is 6.38. The Morgan fingerprint density at radius 2 is 2.05 bits per heavy atom. The summed E-state index contributed by atoms with van der Waals surface area (Å²) < 4.78 is 5.79. The molecule has 0 saturated heterocycles. The molecule has 3 aromatic rings. The number of carbonyl (C=O) groups is 1. The summed E-state index contributed by atoms with van der Waals surface area (Å²) in [5, 5.41) is 7.03. The van der Waals surface area contributed by atoms with Crippen molar-refractivity contribution < 1.29 is 9.21 Å². The Bertz CT molecular complexity index is 749. The molecule has 5 heteroatoms. The van der Waals surface area contributed by atoms with Crippen molar-refractivity contribution in [2.75, 3.05) is 0 Å². The lowest BCUT2D eigenvalue weighted by Crippen LogP contribution is -2.22. The fraction of sp³-hybridized carbons (Fsp3) is 0.0625. The predicted molar refractivity (Wildman–Crippen MR) is 87.3 cm³/mol. The second-order valence-electron chi connectivity index (χ2n) is 4.46. The maximum atomic E-state index is 12.0. The van der Waals surface area contributed by atoms with Crippen molar-refractivity contribution >= 4 is 33.2 Å². The number of hydrogen-bond donors (Lipinski definition) is 1. The molecule has 106 valence electrons. The van der Waals surface area contributed by atoms with Crippen molar-refractivity contribution in [3.05, 3.63) is 69.2 Å². The summed E-state index contributed by atoms with van der Waals surface area (Å²) in [4.78, 5) is 12.0. The molecule has 0 fully saturated rings. The molecular weight excluding hydrogens is 350 g/mol. The van der Waals surface area contributed by atoms with Gasteiger partial charge in [0.25, 0.3) is 5.91 Å². The van der Waals surface area contributed by atoms with Gasteiger partial charge in [0.15, 0.2) is 10.4 Å². The minimum atomic E-state index is -0.221. The van der Waals surface area contributed by atoms with Crippen LogP contribution in [0.5, 0.6) is 0 Å². The van der Waals surface area contributed by atoms with Gasteiger partial charge >= 0.3 is 0 Å². The van der Waals surface area contributed by atoms with E-state index in [2.05, 4.69) is 38.8 Å². The molecule has 3 nitrogen and oxygen atoms in total. The highest BCUT2D eigenvalue weighted by Gasteiger charge is 2.11. The van der Waals surface area contributed by atoms with E-state index in [0.717, 1.165) is 11.1 Å². The Morgan fingerprint density at radius 1 is 1.19 bits per heavy atom. The van der Waals surface area contributed by atoms with Gasteiger partial charge in [-0.3, -0.25) is 4.79 Å². The molecule has 0 atom stereocenters. The van der Waals surface area contributed by atoms with Crippen molar-refractivity contribution in [1.29, 1.82) is 0 Å². The summed E-state index contributed by atoms with van der Waals surface area (Å²) in [5.74, 6) is 0.0794. The van der Waals surface area contributed by atoms with E-state index < -0.39 is 0 Å². The summed E-state index contributed by atoms with van der Waals surface area (Å²) in [7, 11) is 0. The summed E-state index contributed by atoms with van der Waals surface area (Å²) in [5.41, 5.74) is 3.39. The van der Waals surface area contributed by atoms with Crippen LogP contribution in [-0.4, -0.2) is 5.91 Å². The molecule has 3 rings (SSSR count). The number of carbonyl (C=O) groups excluding carboxylic acids is 1. The van der Waals surface area contributed by atoms with Gasteiger partial charge in [-0.2, -0.15) is 11.3 Å². The number of nitrogens with one attached hydrogen (secondary N) is 1. The Labute approximate surface area is 134 Å². The summed E-state index contributed by atoms with van der Waals surface area (Å²) in [6.45, 7) is 0.461. The fourth-order valence-electron chi connectivity index (χ4n) is 2.07. The molecule has 2 aromatic heterocycles. The zero-order valence-corrected chi connectivity index (χ0v) is 13.4. The van der Waals surface area contributed by atoms with Crippen LogP contribution >= 0.6 is 27.3 Å². The first kappa shape index (κ1) is 14.1. The number of thiophene rings is 1. The van der Waals surface area contributed by atoms with Gasteiger partial charge in [-0.1, -0.05) is 24.3 Å². The molecule has 0 aliphatic rings. The fourth-order valence-corrected chi connectivity index (χ4v) is 3.04. The molecular formula is C16H12BrNO2S. The lowest BCUT2D eigenvalue weighted by Gasteiger charge is -2.09. The highest BCUT2D eigenvalue weighted by atomic mass is 79.9. The maximum Gasteiger partial charge on any atom is 0.287 e. The minimum absolute atomic E-state index is 0.221. The smallest absolute Gasteiger partial charge is 0.287 e. The molecule has 0 saturated carbocycles. The first-order chi connectivity index (χ1) is 10.2. The van der Waals surface area contributed by atoms with Crippen LogP contribution in [0.3, 0.4) is 0 Å². The molecule has 1 N–H and O–H groups in total. The maximum absolute atomic E-state index is 12.0. The van der Waals surface area contributed by atoms with Gasteiger partial charge in [0, 0.05) is 6.54 Å². The number of halogens is 1. The van der Waals surface area contributed by atoms with Crippen LogP contribution < -0.4 is 5.32 Å². The van der Waals surface area contributed by atoms with E-state index in [0.29, 0.717) is 17.0 Å². The number of furan rings is 1. The van der Waals surface area contributed by atoms with E-state index in [1.807, 2.05) is 23.6 Å². The molecule has 1 amide bonds. The Morgan fingerprint density at radius 3 is 2.76 bits per heavy atom. The van der Waals surface area contributed by atoms with E-state index in [1.54, 1.807) is 23.5 Å². The van der Waals surface area contributed by atoms with Crippen LogP contribution in [0.15, 0.2) is 62.3 Å². The van der Waals surface area contributed by atoms with E-state index in [4.69, 9.17) is 4.42 Å². The quantitative estimate of drug-likeness (QED) is 0.731. The zero-order chi connectivity index (χ0) is 14.7. The molecule has 21 heavy (non-hydrogen) atoms. The summed E-state index contributed by atoms with van der Waals surface area (Å²) in [6, 6.07) is 13.5. The molecule has 0 radical (unpaired) electrons. The van der Waals surface area contributed by atoms with Crippen LogP contribution in [0, 0.1) is 0 Å². The second-order valence-corrected chi connectivity index (χ2v) is 6.02. The van der Waals surface area contributed by atoms with Gasteiger partial charge in [-0.05, 0) is 61.6 Å². The molecule has 0 unspecified atom stereocenters. The number of hydrogen-bond acceptors (Lipinski definition) is 3. The van der Waals surface area contributed by atoms with Gasteiger partial charge in [-0.25, -0.2) is 0 Å². The first-order valence-corrected chi connectivity index (χ1v) is 8.11. The number of benzene rings is 1. The van der Waals surface area contributed by atoms with Gasteiger partial charge in [0.05, 0.1) is 0 Å². The van der Waals surface area contributed by atoms with Crippen LogP contribution in [0.2, 0.25) is 0 Å².